The van der Waals surface area contributed by atoms with Crippen LogP contribution in [0.5, 0.6) is 5.75 Å². The van der Waals surface area contributed by atoms with Crippen LogP contribution in [0.15, 0.2) is 42.6 Å². The van der Waals surface area contributed by atoms with Gasteiger partial charge in [-0.3, -0.25) is 4.90 Å². The van der Waals surface area contributed by atoms with Crippen molar-refractivity contribution in [3.8, 4) is 5.75 Å². The number of hydrogen-bond donors (Lipinski definition) is 0. The van der Waals surface area contributed by atoms with Crippen LogP contribution in [0.3, 0.4) is 0 Å². The summed E-state index contributed by atoms with van der Waals surface area (Å²) in [6.45, 7) is 5.28. The van der Waals surface area contributed by atoms with E-state index in [9.17, 15) is 4.79 Å². The summed E-state index contributed by atoms with van der Waals surface area (Å²) in [5.41, 5.74) is 0.869. The third kappa shape index (κ3) is 3.85. The molecule has 0 bridgehead atoms. The summed E-state index contributed by atoms with van der Waals surface area (Å²) in [6, 6.07) is 11.2. The molecule has 1 fully saturated rings. The van der Waals surface area contributed by atoms with Crippen LogP contribution >= 0.6 is 11.6 Å². The van der Waals surface area contributed by atoms with Gasteiger partial charge in [-0.2, -0.15) is 0 Å². The number of hydrogen-bond acceptors (Lipinski definition) is 4. The van der Waals surface area contributed by atoms with Crippen LogP contribution < -0.4 is 14.5 Å². The Kier molecular flexibility index (Phi) is 5.83. The van der Waals surface area contributed by atoms with E-state index in [1.54, 1.807) is 18.2 Å². The fourth-order valence-corrected chi connectivity index (χ4v) is 3.32. The smallest absolute Gasteiger partial charge is 0.324 e. The Labute approximate surface area is 158 Å². The summed E-state index contributed by atoms with van der Waals surface area (Å²) in [4.78, 5) is 23.1. The molecule has 0 unspecified atom stereocenters. The van der Waals surface area contributed by atoms with E-state index < -0.39 is 0 Å². The van der Waals surface area contributed by atoms with Gasteiger partial charge in [0, 0.05) is 44.6 Å². The van der Waals surface area contributed by atoms with Crippen LogP contribution in [-0.2, 0) is 0 Å². The highest BCUT2D eigenvalue weighted by Gasteiger charge is 2.26. The summed E-state index contributed by atoms with van der Waals surface area (Å²) >= 11 is 6.23. The Hall–Kier alpha value is -2.47. The molecule has 0 N–H and O–H groups in total. The topological polar surface area (TPSA) is 48.9 Å². The van der Waals surface area contributed by atoms with Gasteiger partial charge in [0.05, 0.1) is 12.1 Å². The second-order valence-corrected chi connectivity index (χ2v) is 6.41. The fourth-order valence-electron chi connectivity index (χ4n) is 3.08. The highest BCUT2D eigenvalue weighted by atomic mass is 35.5. The number of urea groups is 1. The van der Waals surface area contributed by atoms with E-state index in [-0.39, 0.29) is 6.03 Å². The first-order valence-corrected chi connectivity index (χ1v) is 9.07. The van der Waals surface area contributed by atoms with Crippen molar-refractivity contribution in [2.45, 2.75) is 6.92 Å². The average Bonchev–Trinajstić information content (AvgIpc) is 2.69. The number of benzene rings is 1. The number of rotatable bonds is 4. The molecule has 3 rings (SSSR count). The molecular formula is C19H23ClN4O2. The number of methoxy groups -OCH3 is 1. The molecule has 7 heteroatoms. The molecule has 0 radical (unpaired) electrons. The molecule has 1 aliphatic heterocycles. The first-order chi connectivity index (χ1) is 12.6. The van der Waals surface area contributed by atoms with Gasteiger partial charge < -0.3 is 14.5 Å². The molecule has 6 nitrogen and oxygen atoms in total. The minimum Gasteiger partial charge on any atom is -0.497 e. The molecule has 2 aromatic rings. The van der Waals surface area contributed by atoms with E-state index in [4.69, 9.17) is 16.3 Å². The van der Waals surface area contributed by atoms with Crippen molar-refractivity contribution in [3.63, 3.8) is 0 Å². The maximum atomic E-state index is 13.0. The molecule has 0 spiro atoms. The maximum Gasteiger partial charge on any atom is 0.324 e. The predicted molar refractivity (Wildman–Crippen MR) is 104 cm³/mol. The van der Waals surface area contributed by atoms with E-state index in [1.807, 2.05) is 48.2 Å². The standard InChI is InChI=1S/C19H23ClN4O2/c1-3-24(15-6-8-16(26-2)9-7-15)19(25)23-13-11-22(12-14-23)18-17(20)5-4-10-21-18/h4-10H,3,11-14H2,1-2H3. The lowest BCUT2D eigenvalue weighted by Gasteiger charge is -2.38. The minimum absolute atomic E-state index is 0.0180. The molecule has 1 saturated heterocycles. The van der Waals surface area contributed by atoms with Gasteiger partial charge >= 0.3 is 6.03 Å². The van der Waals surface area contributed by atoms with E-state index in [0.29, 0.717) is 37.7 Å². The van der Waals surface area contributed by atoms with Gasteiger partial charge in [-0.25, -0.2) is 9.78 Å². The number of aromatic nitrogens is 1. The Morgan fingerprint density at radius 1 is 1.19 bits per heavy atom. The minimum atomic E-state index is 0.0180. The molecule has 2 heterocycles. The van der Waals surface area contributed by atoms with E-state index in [2.05, 4.69) is 9.88 Å². The second kappa shape index (κ2) is 8.27. The largest absolute Gasteiger partial charge is 0.497 e. The van der Waals surface area contributed by atoms with Crippen molar-refractivity contribution in [2.75, 3.05) is 49.6 Å². The first kappa shape index (κ1) is 18.3. The normalized spacial score (nSPS) is 14.3. The number of piperazine rings is 1. The Morgan fingerprint density at radius 2 is 1.88 bits per heavy atom. The number of halogens is 1. The van der Waals surface area contributed by atoms with Crippen LogP contribution in [0.4, 0.5) is 16.3 Å². The molecule has 1 aromatic carbocycles. The number of ether oxygens (including phenoxy) is 1. The zero-order chi connectivity index (χ0) is 18.5. The van der Waals surface area contributed by atoms with Crippen molar-refractivity contribution in [1.82, 2.24) is 9.88 Å². The zero-order valence-electron chi connectivity index (χ0n) is 15.1. The summed E-state index contributed by atoms with van der Waals surface area (Å²) in [7, 11) is 1.63. The SMILES string of the molecule is CCN(C(=O)N1CCN(c2ncccc2Cl)CC1)c1ccc(OC)cc1. The van der Waals surface area contributed by atoms with Gasteiger partial charge in [-0.05, 0) is 43.3 Å². The molecule has 0 saturated carbocycles. The molecule has 1 aromatic heterocycles. The molecule has 1 aliphatic rings. The lowest BCUT2D eigenvalue weighted by molar-refractivity contribution is 0.201. The van der Waals surface area contributed by atoms with Gasteiger partial charge in [0.15, 0.2) is 0 Å². The highest BCUT2D eigenvalue weighted by molar-refractivity contribution is 6.32. The van der Waals surface area contributed by atoms with Crippen molar-refractivity contribution in [2.24, 2.45) is 0 Å². The molecular weight excluding hydrogens is 352 g/mol. The van der Waals surface area contributed by atoms with E-state index in [1.165, 1.54) is 0 Å². The van der Waals surface area contributed by atoms with Crippen LogP contribution in [-0.4, -0.2) is 55.7 Å². The molecule has 138 valence electrons. The quantitative estimate of drug-likeness (QED) is 0.821. The third-order valence-corrected chi connectivity index (χ3v) is 4.82. The third-order valence-electron chi connectivity index (χ3n) is 4.52. The van der Waals surface area contributed by atoms with Gasteiger partial charge in [-0.1, -0.05) is 11.6 Å². The monoisotopic (exact) mass is 374 g/mol. The maximum absolute atomic E-state index is 13.0. The Morgan fingerprint density at radius 3 is 2.46 bits per heavy atom. The molecule has 26 heavy (non-hydrogen) atoms. The van der Waals surface area contributed by atoms with Gasteiger partial charge in [0.1, 0.15) is 11.6 Å². The highest BCUT2D eigenvalue weighted by Crippen LogP contribution is 2.24. The number of carbonyl (C=O) groups excluding carboxylic acids is 1. The van der Waals surface area contributed by atoms with E-state index >= 15 is 0 Å². The number of amides is 2. The van der Waals surface area contributed by atoms with Crippen molar-refractivity contribution in [1.29, 1.82) is 0 Å². The van der Waals surface area contributed by atoms with Gasteiger partial charge in [-0.15, -0.1) is 0 Å². The Bertz CT molecular complexity index is 745. The Balaban J connectivity index is 1.65. The summed E-state index contributed by atoms with van der Waals surface area (Å²) in [6.07, 6.45) is 1.74. The second-order valence-electron chi connectivity index (χ2n) is 6.01. The predicted octanol–water partition coefficient (Wildman–Crippen LogP) is 3.51. The van der Waals surface area contributed by atoms with Crippen LogP contribution in [0.2, 0.25) is 5.02 Å². The number of anilines is 2. The lowest BCUT2D eigenvalue weighted by atomic mass is 10.2. The van der Waals surface area contributed by atoms with Gasteiger partial charge in [0.2, 0.25) is 0 Å². The van der Waals surface area contributed by atoms with Crippen LogP contribution in [0.1, 0.15) is 6.92 Å². The van der Waals surface area contributed by atoms with Gasteiger partial charge in [0.25, 0.3) is 0 Å². The summed E-state index contributed by atoms with van der Waals surface area (Å²) in [5.74, 6) is 1.56. The molecule has 2 amide bonds. The van der Waals surface area contributed by atoms with E-state index in [0.717, 1.165) is 17.3 Å². The molecule has 0 aliphatic carbocycles. The zero-order valence-corrected chi connectivity index (χ0v) is 15.8. The fraction of sp³-hybridized carbons (Fsp3) is 0.368. The molecule has 0 atom stereocenters. The summed E-state index contributed by atoms with van der Waals surface area (Å²) in [5, 5.41) is 0.640. The van der Waals surface area contributed by atoms with Crippen LogP contribution in [0.25, 0.3) is 0 Å². The van der Waals surface area contributed by atoms with Crippen molar-refractivity contribution < 1.29 is 9.53 Å². The van der Waals surface area contributed by atoms with Crippen molar-refractivity contribution in [3.05, 3.63) is 47.6 Å². The number of pyridine rings is 1. The first-order valence-electron chi connectivity index (χ1n) is 8.70. The van der Waals surface area contributed by atoms with Crippen molar-refractivity contribution >= 4 is 29.1 Å². The number of carbonyl (C=O) groups is 1. The lowest BCUT2D eigenvalue weighted by Crippen LogP contribution is -2.53. The average molecular weight is 375 g/mol. The summed E-state index contributed by atoms with van der Waals surface area (Å²) < 4.78 is 5.19. The number of nitrogens with zero attached hydrogens (tertiary/aromatic N) is 4. The van der Waals surface area contributed by atoms with Crippen LogP contribution in [0, 0.1) is 0 Å².